The van der Waals surface area contributed by atoms with E-state index in [1.165, 1.54) is 0 Å². The summed E-state index contributed by atoms with van der Waals surface area (Å²) in [6.07, 6.45) is 11.3. The average molecular weight is 386 g/mol. The molecular weight excluding hydrogens is 364 g/mol. The van der Waals surface area contributed by atoms with E-state index in [9.17, 15) is 4.79 Å². The Morgan fingerprint density at radius 1 is 1.28 bits per heavy atom. The minimum absolute atomic E-state index is 0.0380. The summed E-state index contributed by atoms with van der Waals surface area (Å²) in [6.45, 7) is 2.68. The van der Waals surface area contributed by atoms with E-state index in [-0.39, 0.29) is 11.9 Å². The SMILES string of the molecule is Cc1nccn1-c1cncc(C2CCCN2C(=O)Cc2c[nH]c3ccccc23)n1. The van der Waals surface area contributed by atoms with Crippen LogP contribution in [0.3, 0.4) is 0 Å². The van der Waals surface area contributed by atoms with Gasteiger partial charge in [-0.05, 0) is 31.4 Å². The maximum Gasteiger partial charge on any atom is 0.227 e. The van der Waals surface area contributed by atoms with Crippen LogP contribution in [-0.2, 0) is 11.2 Å². The summed E-state index contributed by atoms with van der Waals surface area (Å²) < 4.78 is 1.91. The van der Waals surface area contributed by atoms with Crippen LogP contribution in [0, 0.1) is 6.92 Å². The van der Waals surface area contributed by atoms with Crippen molar-refractivity contribution in [2.45, 2.75) is 32.2 Å². The zero-order chi connectivity index (χ0) is 19.8. The summed E-state index contributed by atoms with van der Waals surface area (Å²) in [5.74, 6) is 1.71. The molecule has 7 heteroatoms. The molecule has 3 aromatic heterocycles. The Labute approximate surface area is 168 Å². The molecule has 1 atom stereocenters. The number of carbonyl (C=O) groups excluding carboxylic acids is 1. The number of amides is 1. The normalized spacial score (nSPS) is 16.6. The molecule has 1 saturated heterocycles. The molecule has 1 amide bonds. The van der Waals surface area contributed by atoms with Crippen LogP contribution in [0.2, 0.25) is 0 Å². The molecule has 1 aliphatic heterocycles. The largest absolute Gasteiger partial charge is 0.361 e. The van der Waals surface area contributed by atoms with E-state index < -0.39 is 0 Å². The number of H-pyrrole nitrogens is 1. The molecule has 0 bridgehead atoms. The van der Waals surface area contributed by atoms with Gasteiger partial charge in [-0.15, -0.1) is 0 Å². The summed E-state index contributed by atoms with van der Waals surface area (Å²) in [5.41, 5.74) is 2.92. The van der Waals surface area contributed by atoms with Crippen molar-refractivity contribution < 1.29 is 4.79 Å². The lowest BCUT2D eigenvalue weighted by molar-refractivity contribution is -0.131. The van der Waals surface area contributed by atoms with Gasteiger partial charge in [-0.3, -0.25) is 14.3 Å². The van der Waals surface area contributed by atoms with Gasteiger partial charge in [0, 0.05) is 36.0 Å². The van der Waals surface area contributed by atoms with E-state index in [0.29, 0.717) is 6.42 Å². The fourth-order valence-electron chi connectivity index (χ4n) is 4.18. The lowest BCUT2D eigenvalue weighted by atomic mass is 10.1. The van der Waals surface area contributed by atoms with Crippen LogP contribution < -0.4 is 0 Å². The predicted octanol–water partition coefficient (Wildman–Crippen LogP) is 3.36. The monoisotopic (exact) mass is 386 g/mol. The Bertz CT molecular complexity index is 1180. The van der Waals surface area contributed by atoms with Crippen LogP contribution in [0.1, 0.15) is 36.0 Å². The van der Waals surface area contributed by atoms with Crippen molar-refractivity contribution in [3.05, 3.63) is 72.3 Å². The molecule has 4 aromatic rings. The summed E-state index contributed by atoms with van der Waals surface area (Å²) in [6, 6.07) is 8.04. The molecular formula is C22H22N6O. The number of aryl methyl sites for hydroxylation is 1. The number of benzene rings is 1. The van der Waals surface area contributed by atoms with Crippen LogP contribution in [0.25, 0.3) is 16.7 Å². The van der Waals surface area contributed by atoms with Crippen molar-refractivity contribution in [1.29, 1.82) is 0 Å². The van der Waals surface area contributed by atoms with Crippen LogP contribution in [0.15, 0.2) is 55.2 Å². The first-order valence-corrected chi connectivity index (χ1v) is 9.87. The molecule has 1 N–H and O–H groups in total. The summed E-state index contributed by atoms with van der Waals surface area (Å²) >= 11 is 0. The molecule has 1 aromatic carbocycles. The van der Waals surface area contributed by atoms with Gasteiger partial charge in [-0.25, -0.2) is 9.97 Å². The molecule has 146 valence electrons. The molecule has 0 radical (unpaired) electrons. The molecule has 1 fully saturated rings. The third-order valence-corrected chi connectivity index (χ3v) is 5.64. The van der Waals surface area contributed by atoms with Gasteiger partial charge in [0.05, 0.1) is 30.6 Å². The molecule has 29 heavy (non-hydrogen) atoms. The van der Waals surface area contributed by atoms with Gasteiger partial charge in [0.1, 0.15) is 5.82 Å². The van der Waals surface area contributed by atoms with Gasteiger partial charge < -0.3 is 9.88 Å². The molecule has 1 aliphatic rings. The Hall–Kier alpha value is -3.48. The van der Waals surface area contributed by atoms with Crippen LogP contribution in [0.4, 0.5) is 0 Å². The van der Waals surface area contributed by atoms with Crippen molar-refractivity contribution >= 4 is 16.8 Å². The summed E-state index contributed by atoms with van der Waals surface area (Å²) in [5, 5.41) is 1.11. The van der Waals surface area contributed by atoms with Gasteiger partial charge in [0.15, 0.2) is 5.82 Å². The number of fused-ring (bicyclic) bond motifs is 1. The number of imidazole rings is 1. The Morgan fingerprint density at radius 2 is 2.17 bits per heavy atom. The minimum Gasteiger partial charge on any atom is -0.361 e. The van der Waals surface area contributed by atoms with Crippen LogP contribution in [-0.4, -0.2) is 41.9 Å². The number of para-hydroxylation sites is 1. The first kappa shape index (κ1) is 17.6. The second-order valence-electron chi connectivity index (χ2n) is 7.43. The van der Waals surface area contributed by atoms with Gasteiger partial charge in [0.2, 0.25) is 5.91 Å². The fraction of sp³-hybridized carbons (Fsp3) is 0.273. The number of aromatic amines is 1. The number of hydrogen-bond acceptors (Lipinski definition) is 4. The molecule has 0 spiro atoms. The minimum atomic E-state index is -0.0380. The third-order valence-electron chi connectivity index (χ3n) is 5.64. The van der Waals surface area contributed by atoms with E-state index in [0.717, 1.165) is 53.2 Å². The average Bonchev–Trinajstić information content (AvgIpc) is 3.48. The molecule has 5 rings (SSSR count). The lowest BCUT2D eigenvalue weighted by Crippen LogP contribution is -2.32. The van der Waals surface area contributed by atoms with Crippen LogP contribution >= 0.6 is 0 Å². The Balaban J connectivity index is 1.40. The smallest absolute Gasteiger partial charge is 0.227 e. The number of aromatic nitrogens is 5. The molecule has 0 saturated carbocycles. The Kier molecular flexibility index (Phi) is 4.35. The maximum absolute atomic E-state index is 13.2. The molecule has 7 nitrogen and oxygen atoms in total. The standard InChI is InChI=1S/C22H22N6O/c1-15-24-8-10-27(15)21-14-23-13-19(26-21)20-7-4-9-28(20)22(29)11-16-12-25-18-6-3-2-5-17(16)18/h2-3,5-6,8,10,12-14,20,25H,4,7,9,11H2,1H3. The van der Waals surface area contributed by atoms with Crippen molar-refractivity contribution in [3.8, 4) is 5.82 Å². The number of rotatable bonds is 4. The van der Waals surface area contributed by atoms with Gasteiger partial charge in [-0.1, -0.05) is 18.2 Å². The van der Waals surface area contributed by atoms with Crippen molar-refractivity contribution in [2.24, 2.45) is 0 Å². The number of carbonyl (C=O) groups is 1. The summed E-state index contributed by atoms with van der Waals surface area (Å²) in [4.78, 5) is 31.8. The molecule has 4 heterocycles. The highest BCUT2D eigenvalue weighted by molar-refractivity contribution is 5.89. The van der Waals surface area contributed by atoms with Gasteiger partial charge in [-0.2, -0.15) is 0 Å². The Morgan fingerprint density at radius 3 is 3.03 bits per heavy atom. The van der Waals surface area contributed by atoms with E-state index in [4.69, 9.17) is 4.98 Å². The van der Waals surface area contributed by atoms with E-state index in [1.54, 1.807) is 18.6 Å². The van der Waals surface area contributed by atoms with Gasteiger partial charge >= 0.3 is 0 Å². The second-order valence-corrected chi connectivity index (χ2v) is 7.43. The van der Waals surface area contributed by atoms with Crippen molar-refractivity contribution in [3.63, 3.8) is 0 Å². The lowest BCUT2D eigenvalue weighted by Gasteiger charge is -2.24. The second kappa shape index (κ2) is 7.16. The quantitative estimate of drug-likeness (QED) is 0.583. The predicted molar refractivity (Wildman–Crippen MR) is 110 cm³/mol. The van der Waals surface area contributed by atoms with E-state index in [1.807, 2.05) is 47.0 Å². The highest BCUT2D eigenvalue weighted by atomic mass is 16.2. The van der Waals surface area contributed by atoms with E-state index >= 15 is 0 Å². The summed E-state index contributed by atoms with van der Waals surface area (Å²) in [7, 11) is 0. The third kappa shape index (κ3) is 3.18. The number of hydrogen-bond donors (Lipinski definition) is 1. The molecule has 1 unspecified atom stereocenters. The first-order chi connectivity index (χ1) is 14.2. The number of likely N-dealkylation sites (tertiary alicyclic amines) is 1. The van der Waals surface area contributed by atoms with Crippen molar-refractivity contribution in [1.82, 2.24) is 29.4 Å². The topological polar surface area (TPSA) is 79.7 Å². The highest BCUT2D eigenvalue weighted by Crippen LogP contribution is 2.32. The first-order valence-electron chi connectivity index (χ1n) is 9.87. The molecule has 0 aliphatic carbocycles. The zero-order valence-electron chi connectivity index (χ0n) is 16.2. The van der Waals surface area contributed by atoms with E-state index in [2.05, 4.69) is 21.0 Å². The zero-order valence-corrected chi connectivity index (χ0v) is 16.2. The van der Waals surface area contributed by atoms with Gasteiger partial charge in [0.25, 0.3) is 0 Å². The number of nitrogens with zero attached hydrogens (tertiary/aromatic N) is 5. The maximum atomic E-state index is 13.2. The fourth-order valence-corrected chi connectivity index (χ4v) is 4.18. The highest BCUT2D eigenvalue weighted by Gasteiger charge is 2.31. The van der Waals surface area contributed by atoms with Crippen molar-refractivity contribution in [2.75, 3.05) is 6.54 Å². The number of nitrogens with one attached hydrogen (secondary N) is 1. The van der Waals surface area contributed by atoms with Crippen LogP contribution in [0.5, 0.6) is 0 Å².